The van der Waals surface area contributed by atoms with Gasteiger partial charge in [-0.2, -0.15) is 0 Å². The summed E-state index contributed by atoms with van der Waals surface area (Å²) in [5, 5.41) is 30.7. The molecule has 1 rings (SSSR count). The number of aliphatic hydroxyl groups excluding tert-OH is 3. The summed E-state index contributed by atoms with van der Waals surface area (Å²) in [6.07, 6.45) is 0.866. The maximum Gasteiger partial charge on any atom is 0.144 e. The maximum atomic E-state index is 9.26. The highest BCUT2D eigenvalue weighted by Crippen LogP contribution is 2.27. The van der Waals surface area contributed by atoms with Crippen molar-refractivity contribution in [3.8, 4) is 5.75 Å². The van der Waals surface area contributed by atoms with Crippen LogP contribution in [-0.2, 0) is 0 Å². The quantitative estimate of drug-likeness (QED) is 0.431. The molecule has 0 amide bonds. The largest absolute Gasteiger partial charge is 0.491 e. The Bertz CT molecular complexity index is 386. The van der Waals surface area contributed by atoms with Gasteiger partial charge in [-0.05, 0) is 18.6 Å². The van der Waals surface area contributed by atoms with Gasteiger partial charge < -0.3 is 31.1 Å². The number of anilines is 2. The SMILES string of the molecule is CCCOc1cc(NC(CO)(CO)CO)ccc1N. The maximum absolute atomic E-state index is 9.26. The standard InChI is InChI=1S/C13H22N2O4/c1-2-5-19-12-6-10(3-4-11(12)14)15-13(7-16,8-17)9-18/h3-4,6,15-18H,2,5,7-9,14H2,1H3. The summed E-state index contributed by atoms with van der Waals surface area (Å²) in [6.45, 7) is 1.37. The summed E-state index contributed by atoms with van der Waals surface area (Å²) in [6, 6.07) is 5.05. The fraction of sp³-hybridized carbons (Fsp3) is 0.538. The summed E-state index contributed by atoms with van der Waals surface area (Å²) >= 11 is 0. The van der Waals surface area contributed by atoms with Gasteiger partial charge in [0.2, 0.25) is 0 Å². The number of hydrogen-bond donors (Lipinski definition) is 5. The molecule has 0 aliphatic heterocycles. The molecule has 6 N–H and O–H groups in total. The Morgan fingerprint density at radius 2 is 1.84 bits per heavy atom. The summed E-state index contributed by atoms with van der Waals surface area (Å²) in [4.78, 5) is 0. The number of nitrogens with two attached hydrogens (primary N) is 1. The molecule has 0 radical (unpaired) electrons. The molecular formula is C13H22N2O4. The first kappa shape index (κ1) is 15.6. The molecule has 0 saturated heterocycles. The van der Waals surface area contributed by atoms with Gasteiger partial charge in [0.1, 0.15) is 11.3 Å². The van der Waals surface area contributed by atoms with Crippen molar-refractivity contribution in [3.05, 3.63) is 18.2 Å². The molecule has 0 spiro atoms. The van der Waals surface area contributed by atoms with Crippen LogP contribution in [0.15, 0.2) is 18.2 Å². The molecule has 19 heavy (non-hydrogen) atoms. The van der Waals surface area contributed by atoms with Crippen LogP contribution in [0.2, 0.25) is 0 Å². The lowest BCUT2D eigenvalue weighted by molar-refractivity contribution is 0.0833. The first-order valence-electron chi connectivity index (χ1n) is 6.24. The third-order valence-electron chi connectivity index (χ3n) is 2.79. The molecule has 0 aliphatic rings. The highest BCUT2D eigenvalue weighted by atomic mass is 16.5. The molecule has 1 aromatic rings. The van der Waals surface area contributed by atoms with E-state index in [-0.39, 0.29) is 0 Å². The van der Waals surface area contributed by atoms with Crippen LogP contribution < -0.4 is 15.8 Å². The first-order chi connectivity index (χ1) is 9.10. The molecule has 0 aromatic heterocycles. The molecule has 0 atom stereocenters. The number of aliphatic hydroxyl groups is 3. The van der Waals surface area contributed by atoms with Crippen LogP contribution in [0.4, 0.5) is 11.4 Å². The summed E-state index contributed by atoms with van der Waals surface area (Å²) in [5.74, 6) is 0.537. The zero-order valence-corrected chi connectivity index (χ0v) is 11.1. The fourth-order valence-corrected chi connectivity index (χ4v) is 1.52. The minimum Gasteiger partial charge on any atom is -0.491 e. The van der Waals surface area contributed by atoms with Crippen molar-refractivity contribution in [1.29, 1.82) is 0 Å². The zero-order chi connectivity index (χ0) is 14.3. The number of benzene rings is 1. The molecule has 6 heteroatoms. The fourth-order valence-electron chi connectivity index (χ4n) is 1.52. The van der Waals surface area contributed by atoms with Crippen molar-refractivity contribution in [1.82, 2.24) is 0 Å². The predicted molar refractivity (Wildman–Crippen MR) is 74.3 cm³/mol. The number of nitrogen functional groups attached to an aromatic ring is 1. The van der Waals surface area contributed by atoms with Crippen molar-refractivity contribution >= 4 is 11.4 Å². The van der Waals surface area contributed by atoms with Crippen LogP contribution in [0, 0.1) is 0 Å². The second kappa shape index (κ2) is 7.18. The van der Waals surface area contributed by atoms with Crippen LogP contribution in [0.5, 0.6) is 5.75 Å². The molecule has 0 unspecified atom stereocenters. The molecule has 1 aromatic carbocycles. The topological polar surface area (TPSA) is 108 Å². The van der Waals surface area contributed by atoms with E-state index in [2.05, 4.69) is 5.32 Å². The third kappa shape index (κ3) is 3.99. The van der Waals surface area contributed by atoms with Crippen LogP contribution >= 0.6 is 0 Å². The van der Waals surface area contributed by atoms with Gasteiger partial charge in [0.15, 0.2) is 0 Å². The van der Waals surface area contributed by atoms with Gasteiger partial charge in [0.05, 0.1) is 32.1 Å². The second-order valence-corrected chi connectivity index (χ2v) is 4.48. The minimum absolute atomic E-state index is 0.393. The third-order valence-corrected chi connectivity index (χ3v) is 2.79. The van der Waals surface area contributed by atoms with E-state index >= 15 is 0 Å². The molecule has 108 valence electrons. The van der Waals surface area contributed by atoms with Crippen LogP contribution in [0.25, 0.3) is 0 Å². The summed E-state index contributed by atoms with van der Waals surface area (Å²) in [7, 11) is 0. The molecule has 0 aliphatic carbocycles. The van der Waals surface area contributed by atoms with E-state index in [1.165, 1.54) is 0 Å². The van der Waals surface area contributed by atoms with Gasteiger partial charge in [-0.3, -0.25) is 0 Å². The Morgan fingerprint density at radius 1 is 1.21 bits per heavy atom. The smallest absolute Gasteiger partial charge is 0.144 e. The predicted octanol–water partition coefficient (Wildman–Crippen LogP) is 0.185. The van der Waals surface area contributed by atoms with Crippen molar-refractivity contribution in [2.75, 3.05) is 37.5 Å². The van der Waals surface area contributed by atoms with E-state index in [1.54, 1.807) is 18.2 Å². The van der Waals surface area contributed by atoms with Crippen LogP contribution in [-0.4, -0.2) is 47.3 Å². The Hall–Kier alpha value is -1.50. The Kier molecular flexibility index (Phi) is 5.88. The van der Waals surface area contributed by atoms with Crippen molar-refractivity contribution in [2.24, 2.45) is 0 Å². The summed E-state index contributed by atoms with van der Waals surface area (Å²) in [5.41, 5.74) is 5.75. The minimum atomic E-state index is -1.17. The first-order valence-corrected chi connectivity index (χ1v) is 6.24. The Labute approximate surface area is 112 Å². The highest BCUT2D eigenvalue weighted by molar-refractivity contribution is 5.62. The van der Waals surface area contributed by atoms with E-state index in [9.17, 15) is 15.3 Å². The average molecular weight is 270 g/mol. The monoisotopic (exact) mass is 270 g/mol. The molecule has 0 bridgehead atoms. The van der Waals surface area contributed by atoms with E-state index in [0.717, 1.165) is 6.42 Å². The number of ether oxygens (including phenoxy) is 1. The van der Waals surface area contributed by atoms with Gasteiger partial charge in [-0.25, -0.2) is 0 Å². The van der Waals surface area contributed by atoms with Gasteiger partial charge in [-0.1, -0.05) is 6.92 Å². The van der Waals surface area contributed by atoms with Crippen LogP contribution in [0.1, 0.15) is 13.3 Å². The molecule has 6 nitrogen and oxygen atoms in total. The molecule has 0 fully saturated rings. The van der Waals surface area contributed by atoms with Crippen molar-refractivity contribution in [3.63, 3.8) is 0 Å². The molecular weight excluding hydrogens is 248 g/mol. The van der Waals surface area contributed by atoms with E-state index < -0.39 is 25.4 Å². The highest BCUT2D eigenvalue weighted by Gasteiger charge is 2.27. The lowest BCUT2D eigenvalue weighted by atomic mass is 10.0. The molecule has 0 heterocycles. The Morgan fingerprint density at radius 3 is 2.37 bits per heavy atom. The average Bonchev–Trinajstić information content (AvgIpc) is 2.45. The zero-order valence-electron chi connectivity index (χ0n) is 11.1. The van der Waals surface area contributed by atoms with Crippen LogP contribution in [0.3, 0.4) is 0 Å². The molecule has 0 saturated carbocycles. The van der Waals surface area contributed by atoms with Crippen molar-refractivity contribution < 1.29 is 20.1 Å². The van der Waals surface area contributed by atoms with E-state index in [4.69, 9.17) is 10.5 Å². The number of hydrogen-bond acceptors (Lipinski definition) is 6. The van der Waals surface area contributed by atoms with Crippen molar-refractivity contribution in [2.45, 2.75) is 18.9 Å². The second-order valence-electron chi connectivity index (χ2n) is 4.48. The Balaban J connectivity index is 2.89. The lowest BCUT2D eigenvalue weighted by Crippen LogP contribution is -2.49. The van der Waals surface area contributed by atoms with Gasteiger partial charge >= 0.3 is 0 Å². The van der Waals surface area contributed by atoms with Gasteiger partial charge in [0, 0.05) is 11.8 Å². The van der Waals surface area contributed by atoms with E-state index in [1.807, 2.05) is 6.92 Å². The normalized spacial score (nSPS) is 11.4. The van der Waals surface area contributed by atoms with Gasteiger partial charge in [-0.15, -0.1) is 0 Å². The van der Waals surface area contributed by atoms with E-state index in [0.29, 0.717) is 23.7 Å². The lowest BCUT2D eigenvalue weighted by Gasteiger charge is -2.30. The number of rotatable bonds is 8. The summed E-state index contributed by atoms with van der Waals surface area (Å²) < 4.78 is 5.49. The van der Waals surface area contributed by atoms with Gasteiger partial charge in [0.25, 0.3) is 0 Å². The number of nitrogens with one attached hydrogen (secondary N) is 1.